The third-order valence-electron chi connectivity index (χ3n) is 7.32. The lowest BCUT2D eigenvalue weighted by atomic mass is 9.91. The molecule has 0 spiro atoms. The third-order valence-corrected chi connectivity index (χ3v) is 9.92. The van der Waals surface area contributed by atoms with Gasteiger partial charge in [-0.15, -0.1) is 23.1 Å². The second-order valence-electron chi connectivity index (χ2n) is 9.90. The van der Waals surface area contributed by atoms with Crippen LogP contribution in [0.1, 0.15) is 45.6 Å². The second kappa shape index (κ2) is 10.0. The molecule has 200 valence electrons. The Hall–Kier alpha value is -2.34. The predicted octanol–water partition coefficient (Wildman–Crippen LogP) is 6.71. The van der Waals surface area contributed by atoms with Gasteiger partial charge in [-0.25, -0.2) is 9.97 Å². The van der Waals surface area contributed by atoms with Crippen LogP contribution in [0.5, 0.6) is 0 Å². The SMILES string of the molecule is CN1CCc2cc(Nc3ncc(C(F)(F)F)c(-c4cc5c(s4)C(=O)N(C4CCC4)CCS5)n3)c(Cl)cc2C1. The quantitative estimate of drug-likeness (QED) is 0.371. The van der Waals surface area contributed by atoms with Gasteiger partial charge in [0.05, 0.1) is 21.3 Å². The van der Waals surface area contributed by atoms with E-state index in [1.807, 2.05) is 24.1 Å². The average molecular weight is 580 g/mol. The van der Waals surface area contributed by atoms with Crippen molar-refractivity contribution >= 4 is 52.2 Å². The molecular formula is C26H25ClF3N5OS2. The van der Waals surface area contributed by atoms with Gasteiger partial charge in [0.15, 0.2) is 0 Å². The van der Waals surface area contributed by atoms with E-state index in [1.54, 1.807) is 6.07 Å². The van der Waals surface area contributed by atoms with Crippen molar-refractivity contribution in [3.05, 3.63) is 51.0 Å². The highest BCUT2D eigenvalue weighted by molar-refractivity contribution is 7.99. The number of amides is 1. The van der Waals surface area contributed by atoms with E-state index in [0.717, 1.165) is 67.4 Å². The van der Waals surface area contributed by atoms with Gasteiger partial charge in [0.1, 0.15) is 10.4 Å². The van der Waals surface area contributed by atoms with Gasteiger partial charge in [-0.1, -0.05) is 11.6 Å². The molecule has 1 saturated carbocycles. The number of carbonyl (C=O) groups excluding carboxylic acids is 1. The number of aromatic nitrogens is 2. The molecule has 2 aliphatic heterocycles. The summed E-state index contributed by atoms with van der Waals surface area (Å²) in [6, 6.07) is 5.69. The normalized spacial score (nSPS) is 18.6. The molecule has 0 bridgehead atoms. The molecule has 0 saturated heterocycles. The molecule has 1 fully saturated rings. The van der Waals surface area contributed by atoms with E-state index in [0.29, 0.717) is 37.7 Å². The van der Waals surface area contributed by atoms with Crippen LogP contribution in [-0.2, 0) is 19.1 Å². The van der Waals surface area contributed by atoms with Gasteiger partial charge in [-0.3, -0.25) is 4.79 Å². The van der Waals surface area contributed by atoms with E-state index in [2.05, 4.69) is 20.2 Å². The van der Waals surface area contributed by atoms with Crippen molar-refractivity contribution in [2.75, 3.05) is 31.2 Å². The smallest absolute Gasteiger partial charge is 0.334 e. The highest BCUT2D eigenvalue weighted by Gasteiger charge is 2.38. The zero-order valence-corrected chi connectivity index (χ0v) is 23.0. The summed E-state index contributed by atoms with van der Waals surface area (Å²) in [6.45, 7) is 2.35. The van der Waals surface area contributed by atoms with Crippen molar-refractivity contribution in [1.82, 2.24) is 19.8 Å². The molecular weight excluding hydrogens is 555 g/mol. The minimum atomic E-state index is -4.65. The van der Waals surface area contributed by atoms with Crippen molar-refractivity contribution in [1.29, 1.82) is 0 Å². The van der Waals surface area contributed by atoms with Crippen LogP contribution in [-0.4, -0.2) is 57.6 Å². The first-order chi connectivity index (χ1) is 18.2. The zero-order chi connectivity index (χ0) is 26.6. The van der Waals surface area contributed by atoms with Crippen molar-refractivity contribution in [2.24, 2.45) is 0 Å². The van der Waals surface area contributed by atoms with Crippen LogP contribution in [0.15, 0.2) is 29.3 Å². The van der Waals surface area contributed by atoms with Gasteiger partial charge in [-0.05, 0) is 62.1 Å². The molecule has 1 aromatic carbocycles. The first kappa shape index (κ1) is 25.9. The van der Waals surface area contributed by atoms with Gasteiger partial charge in [0.25, 0.3) is 5.91 Å². The van der Waals surface area contributed by atoms with Crippen molar-refractivity contribution in [2.45, 2.75) is 49.3 Å². The molecule has 4 heterocycles. The Bertz CT molecular complexity index is 1410. The predicted molar refractivity (Wildman–Crippen MR) is 145 cm³/mol. The van der Waals surface area contributed by atoms with E-state index in [1.165, 1.54) is 11.8 Å². The van der Waals surface area contributed by atoms with Crippen molar-refractivity contribution in [3.8, 4) is 10.6 Å². The molecule has 0 radical (unpaired) electrons. The summed E-state index contributed by atoms with van der Waals surface area (Å²) in [5.41, 5.74) is 1.63. The third kappa shape index (κ3) is 4.89. The zero-order valence-electron chi connectivity index (χ0n) is 20.6. The fourth-order valence-electron chi connectivity index (χ4n) is 5.05. The fourth-order valence-corrected chi connectivity index (χ4v) is 7.60. The Kier molecular flexibility index (Phi) is 6.82. The van der Waals surface area contributed by atoms with Gasteiger partial charge in [-0.2, -0.15) is 13.2 Å². The van der Waals surface area contributed by atoms with Crippen LogP contribution in [0.3, 0.4) is 0 Å². The highest BCUT2D eigenvalue weighted by atomic mass is 35.5. The van der Waals surface area contributed by atoms with Gasteiger partial charge < -0.3 is 15.1 Å². The number of carbonyl (C=O) groups is 1. The molecule has 6 rings (SSSR count). The van der Waals surface area contributed by atoms with Crippen LogP contribution >= 0.6 is 34.7 Å². The number of nitrogens with one attached hydrogen (secondary N) is 1. The van der Waals surface area contributed by atoms with Crippen molar-refractivity contribution < 1.29 is 18.0 Å². The van der Waals surface area contributed by atoms with Gasteiger partial charge in [0.2, 0.25) is 5.95 Å². The number of alkyl halides is 3. The summed E-state index contributed by atoms with van der Waals surface area (Å²) in [5.74, 6) is 0.626. The summed E-state index contributed by atoms with van der Waals surface area (Å²) < 4.78 is 42.1. The molecule has 3 aromatic rings. The lowest BCUT2D eigenvalue weighted by Gasteiger charge is -2.36. The van der Waals surface area contributed by atoms with Crippen LogP contribution < -0.4 is 5.32 Å². The van der Waals surface area contributed by atoms with Crippen LogP contribution in [0, 0.1) is 0 Å². The number of likely N-dealkylation sites (N-methyl/N-ethyl adjacent to an activating group) is 1. The molecule has 1 aliphatic carbocycles. The number of hydrogen-bond donors (Lipinski definition) is 1. The van der Waals surface area contributed by atoms with E-state index in [-0.39, 0.29) is 23.6 Å². The number of hydrogen-bond acceptors (Lipinski definition) is 7. The van der Waals surface area contributed by atoms with Crippen molar-refractivity contribution in [3.63, 3.8) is 0 Å². The topological polar surface area (TPSA) is 61.4 Å². The standard InChI is InChI=1S/C26H25ClF3N5OS2/c1-34-6-5-14-10-19(18(27)9-15(14)13-34)32-25-31-12-17(26(28,29)30)22(33-25)20-11-21-23(38-20)24(36)35(7-8-37-21)16-3-2-4-16/h9-12,16H,2-8,13H2,1H3,(H,31,32,33). The van der Waals surface area contributed by atoms with Gasteiger partial charge in [0, 0.05) is 42.5 Å². The monoisotopic (exact) mass is 579 g/mol. The van der Waals surface area contributed by atoms with Crippen LogP contribution in [0.25, 0.3) is 10.6 Å². The summed E-state index contributed by atoms with van der Waals surface area (Å²) in [6.07, 6.45) is 0.0464. The number of thiophene rings is 1. The molecule has 0 atom stereocenters. The Morgan fingerprint density at radius 2 is 1.97 bits per heavy atom. The number of fused-ring (bicyclic) bond motifs is 2. The summed E-state index contributed by atoms with van der Waals surface area (Å²) in [5, 5.41) is 3.48. The molecule has 0 unspecified atom stereocenters. The largest absolute Gasteiger partial charge is 0.420 e. The van der Waals surface area contributed by atoms with E-state index >= 15 is 0 Å². The first-order valence-electron chi connectivity index (χ1n) is 12.5. The lowest BCUT2D eigenvalue weighted by Crippen LogP contribution is -2.44. The number of benzene rings is 1. The highest BCUT2D eigenvalue weighted by Crippen LogP contribution is 2.44. The number of rotatable bonds is 4. The van der Waals surface area contributed by atoms with E-state index in [4.69, 9.17) is 11.6 Å². The molecule has 1 amide bonds. The maximum Gasteiger partial charge on any atom is 0.420 e. The first-order valence-corrected chi connectivity index (χ1v) is 14.6. The van der Waals surface area contributed by atoms with E-state index < -0.39 is 11.7 Å². The number of halogens is 4. The molecule has 3 aliphatic rings. The maximum absolute atomic E-state index is 14.0. The molecule has 38 heavy (non-hydrogen) atoms. The minimum Gasteiger partial charge on any atom is -0.334 e. The van der Waals surface area contributed by atoms with Gasteiger partial charge >= 0.3 is 6.18 Å². The van der Waals surface area contributed by atoms with E-state index in [9.17, 15) is 18.0 Å². The average Bonchev–Trinajstić information content (AvgIpc) is 3.20. The second-order valence-corrected chi connectivity index (χ2v) is 12.5. The number of nitrogens with zero attached hydrogens (tertiary/aromatic N) is 4. The maximum atomic E-state index is 14.0. The molecule has 12 heteroatoms. The fraction of sp³-hybridized carbons (Fsp3) is 0.423. The Labute approximate surface area is 231 Å². The Balaban J connectivity index is 1.36. The molecule has 6 nitrogen and oxygen atoms in total. The molecule has 1 N–H and O–H groups in total. The van der Waals surface area contributed by atoms with Crippen LogP contribution in [0.4, 0.5) is 24.8 Å². The lowest BCUT2D eigenvalue weighted by molar-refractivity contribution is -0.137. The summed E-state index contributed by atoms with van der Waals surface area (Å²) in [7, 11) is 2.04. The molecule has 2 aromatic heterocycles. The Morgan fingerprint density at radius 1 is 1.16 bits per heavy atom. The summed E-state index contributed by atoms with van der Waals surface area (Å²) >= 11 is 9.09. The summed E-state index contributed by atoms with van der Waals surface area (Å²) in [4.78, 5) is 27.2. The number of anilines is 2. The minimum absolute atomic E-state index is 0.0152. The number of thioether (sulfide) groups is 1. The Morgan fingerprint density at radius 3 is 2.71 bits per heavy atom. The van der Waals surface area contributed by atoms with Crippen LogP contribution in [0.2, 0.25) is 5.02 Å².